The molecule has 44 heavy (non-hydrogen) atoms. The highest BCUT2D eigenvalue weighted by Gasteiger charge is 2.44. The molecule has 12 heteroatoms. The van der Waals surface area contributed by atoms with Gasteiger partial charge in [-0.05, 0) is 65.8 Å². The van der Waals surface area contributed by atoms with Crippen molar-refractivity contribution in [1.82, 2.24) is 10.2 Å². The number of hydrogen-bond acceptors (Lipinski definition) is 9. The Labute approximate surface area is 267 Å². The summed E-state index contributed by atoms with van der Waals surface area (Å²) in [5, 5.41) is 24.4. The van der Waals surface area contributed by atoms with Crippen molar-refractivity contribution in [2.75, 3.05) is 20.3 Å². The third-order valence-electron chi connectivity index (χ3n) is 8.04. The molecule has 1 saturated carbocycles. The van der Waals surface area contributed by atoms with Crippen LogP contribution in [-0.4, -0.2) is 77.8 Å². The summed E-state index contributed by atoms with van der Waals surface area (Å²) in [5.41, 5.74) is 0.0104. The fourth-order valence-corrected chi connectivity index (χ4v) is 6.68. The summed E-state index contributed by atoms with van der Waals surface area (Å²) in [6, 6.07) is 10.3. The summed E-state index contributed by atoms with van der Waals surface area (Å²) in [6.07, 6.45) is 2.78. The van der Waals surface area contributed by atoms with Crippen molar-refractivity contribution in [3.05, 3.63) is 79.2 Å². The number of benzene rings is 2. The van der Waals surface area contributed by atoms with Gasteiger partial charge in [0.05, 0.1) is 23.3 Å². The van der Waals surface area contributed by atoms with Gasteiger partial charge in [-0.1, -0.05) is 31.0 Å². The van der Waals surface area contributed by atoms with Gasteiger partial charge in [0.2, 0.25) is 5.91 Å². The Morgan fingerprint density at radius 3 is 2.64 bits per heavy atom. The van der Waals surface area contributed by atoms with Crippen molar-refractivity contribution in [1.29, 1.82) is 0 Å². The molecule has 0 aliphatic heterocycles. The Morgan fingerprint density at radius 2 is 1.93 bits per heavy atom. The smallest absolute Gasteiger partial charge is 0.349 e. The van der Waals surface area contributed by atoms with E-state index < -0.39 is 35.7 Å². The number of para-hydroxylation sites is 1. The van der Waals surface area contributed by atoms with Crippen LogP contribution in [0.4, 0.5) is 0 Å². The molecule has 0 radical (unpaired) electrons. The molecule has 2 aliphatic rings. The van der Waals surface area contributed by atoms with Gasteiger partial charge in [0.25, 0.3) is 5.91 Å². The number of nitrogens with one attached hydrogen (secondary N) is 1. The Bertz CT molecular complexity index is 1650. The third-order valence-corrected chi connectivity index (χ3v) is 8.84. The van der Waals surface area contributed by atoms with Gasteiger partial charge in [-0.2, -0.15) is 0 Å². The van der Waals surface area contributed by atoms with Crippen molar-refractivity contribution >= 4 is 51.7 Å². The number of nitrogens with zero attached hydrogens (tertiary/aromatic N) is 1. The quantitative estimate of drug-likeness (QED) is 0.163. The Balaban J connectivity index is 1.57. The average Bonchev–Trinajstić information content (AvgIpc) is 3.56. The highest BCUT2D eigenvalue weighted by Crippen LogP contribution is 2.38. The molecule has 1 aromatic heterocycles. The number of carbonyl (C=O) groups is 3. The van der Waals surface area contributed by atoms with E-state index in [-0.39, 0.29) is 48.2 Å². The van der Waals surface area contributed by atoms with Crippen LogP contribution in [0.3, 0.4) is 0 Å². The van der Waals surface area contributed by atoms with E-state index >= 15 is 0 Å². The number of carbonyl (C=O) groups excluding carboxylic acids is 3. The minimum atomic E-state index is -1.31. The van der Waals surface area contributed by atoms with E-state index in [0.717, 1.165) is 12.8 Å². The van der Waals surface area contributed by atoms with Crippen LogP contribution in [0.2, 0.25) is 0 Å². The summed E-state index contributed by atoms with van der Waals surface area (Å²) in [6.45, 7) is -0.259. The zero-order valence-electron chi connectivity index (χ0n) is 24.0. The van der Waals surface area contributed by atoms with Crippen molar-refractivity contribution in [2.45, 2.75) is 56.4 Å². The van der Waals surface area contributed by atoms with Crippen LogP contribution in [0.1, 0.15) is 52.8 Å². The number of aliphatic hydroxyl groups is 2. The molecule has 2 aliphatic carbocycles. The van der Waals surface area contributed by atoms with Gasteiger partial charge >= 0.3 is 5.63 Å². The molecule has 0 spiro atoms. The van der Waals surface area contributed by atoms with Gasteiger partial charge < -0.3 is 34.3 Å². The maximum absolute atomic E-state index is 14.3. The van der Waals surface area contributed by atoms with Crippen LogP contribution in [0.25, 0.3) is 11.0 Å². The van der Waals surface area contributed by atoms with Crippen LogP contribution < -0.4 is 20.4 Å². The first-order valence-corrected chi connectivity index (χ1v) is 15.5. The number of halogens is 1. The predicted octanol–water partition coefficient (Wildman–Crippen LogP) is 3.22. The topological polar surface area (TPSA) is 156 Å². The average molecular weight is 717 g/mol. The molecule has 11 nitrogen and oxygen atoms in total. The van der Waals surface area contributed by atoms with Gasteiger partial charge in [-0.3, -0.25) is 14.4 Å². The van der Waals surface area contributed by atoms with E-state index in [9.17, 15) is 29.4 Å². The lowest BCUT2D eigenvalue weighted by atomic mass is 9.86. The van der Waals surface area contributed by atoms with Crippen LogP contribution in [-0.2, 0) is 4.79 Å². The molecule has 3 unspecified atom stereocenters. The number of rotatable bonds is 10. The molecule has 5 rings (SSSR count). The van der Waals surface area contributed by atoms with Gasteiger partial charge in [-0.25, -0.2) is 4.79 Å². The highest BCUT2D eigenvalue weighted by molar-refractivity contribution is 14.1. The van der Waals surface area contributed by atoms with Gasteiger partial charge in [0.1, 0.15) is 29.6 Å². The second-order valence-corrected chi connectivity index (χ2v) is 12.0. The molecule has 3 aromatic rings. The molecule has 3 atom stereocenters. The fourth-order valence-electron chi connectivity index (χ4n) is 5.93. The fraction of sp³-hybridized carbons (Fsp3) is 0.375. The molecule has 1 heterocycles. The number of amides is 2. The number of aliphatic hydroxyl groups excluding tert-OH is 2. The number of aldehydes is 1. The van der Waals surface area contributed by atoms with Crippen LogP contribution >= 0.6 is 22.6 Å². The van der Waals surface area contributed by atoms with Gasteiger partial charge in [-0.15, -0.1) is 0 Å². The lowest BCUT2D eigenvalue weighted by Crippen LogP contribution is -2.58. The second-order valence-electron chi connectivity index (χ2n) is 10.8. The standard InChI is InChI=1S/C32H33IN2O9/c1-42-27-13-18(17-37)12-23(33)29(27)43-26-16-20(30(39)34-10-11-36)15-24(28(26)38)35(21-7-3-4-8-21)31(40)22-14-19-6-2-5-9-25(19)44-32(22)41/h2,5-6,9,12-14,16-17,21,24,26,28,36,38H,3-4,7-8,10-11,15H2,1H3,(H,34,39). The summed E-state index contributed by atoms with van der Waals surface area (Å²) >= 11 is 1.99. The molecule has 2 amide bonds. The SMILES string of the molecule is COc1cc(C=O)cc(I)c1OC1C=C(C(=O)NCCO)CC(N(C(=O)c2cc3ccccc3oc2=O)C2CCCC2)C1O. The molecule has 1 fully saturated rings. The molecule has 3 N–H and O–H groups in total. The molecule has 232 valence electrons. The molecule has 0 bridgehead atoms. The van der Waals surface area contributed by atoms with Crippen molar-refractivity contribution < 1.29 is 38.5 Å². The monoisotopic (exact) mass is 716 g/mol. The van der Waals surface area contributed by atoms with Crippen LogP contribution in [0, 0.1) is 3.57 Å². The third kappa shape index (κ3) is 6.52. The maximum Gasteiger partial charge on any atom is 0.349 e. The molecular formula is C32H33IN2O9. The first kappa shape index (κ1) is 31.7. The van der Waals surface area contributed by atoms with Crippen LogP contribution in [0.15, 0.2) is 63.3 Å². The summed E-state index contributed by atoms with van der Waals surface area (Å²) in [4.78, 5) is 53.5. The first-order valence-electron chi connectivity index (χ1n) is 14.4. The number of methoxy groups -OCH3 is 1. The zero-order chi connectivity index (χ0) is 31.4. The first-order chi connectivity index (χ1) is 21.2. The van der Waals surface area contributed by atoms with E-state index in [1.807, 2.05) is 22.6 Å². The second kappa shape index (κ2) is 13.9. The summed E-state index contributed by atoms with van der Waals surface area (Å²) in [5.74, 6) is -0.570. The maximum atomic E-state index is 14.3. The number of fused-ring (bicyclic) bond motifs is 1. The summed E-state index contributed by atoms with van der Waals surface area (Å²) < 4.78 is 17.8. The lowest BCUT2D eigenvalue weighted by molar-refractivity contribution is -0.118. The Hall–Kier alpha value is -3.75. The lowest BCUT2D eigenvalue weighted by Gasteiger charge is -2.43. The molecule has 0 saturated heterocycles. The minimum absolute atomic E-state index is 0.0111. The normalized spacial score (nSPS) is 20.2. The largest absolute Gasteiger partial charge is 0.493 e. The van der Waals surface area contributed by atoms with E-state index in [1.165, 1.54) is 30.2 Å². The molecule has 2 aromatic carbocycles. The van der Waals surface area contributed by atoms with E-state index in [1.54, 1.807) is 30.3 Å². The van der Waals surface area contributed by atoms with E-state index in [0.29, 0.717) is 39.2 Å². The van der Waals surface area contributed by atoms with Crippen LogP contribution in [0.5, 0.6) is 11.5 Å². The van der Waals surface area contributed by atoms with Gasteiger partial charge in [0.15, 0.2) is 11.5 Å². The van der Waals surface area contributed by atoms with Crippen molar-refractivity contribution in [3.63, 3.8) is 0 Å². The zero-order valence-corrected chi connectivity index (χ0v) is 26.2. The number of ether oxygens (including phenoxy) is 2. The van der Waals surface area contributed by atoms with Crippen molar-refractivity contribution in [3.8, 4) is 11.5 Å². The molecular weight excluding hydrogens is 683 g/mol. The number of hydrogen-bond donors (Lipinski definition) is 3. The van der Waals surface area contributed by atoms with Gasteiger partial charge in [0, 0.05) is 35.5 Å². The van der Waals surface area contributed by atoms with E-state index in [2.05, 4.69) is 5.32 Å². The highest BCUT2D eigenvalue weighted by atomic mass is 127. The minimum Gasteiger partial charge on any atom is -0.493 e. The van der Waals surface area contributed by atoms with Crippen molar-refractivity contribution in [2.24, 2.45) is 0 Å². The summed E-state index contributed by atoms with van der Waals surface area (Å²) in [7, 11) is 1.42. The Morgan fingerprint density at radius 1 is 1.18 bits per heavy atom. The predicted molar refractivity (Wildman–Crippen MR) is 169 cm³/mol. The Kier molecular flexibility index (Phi) is 10.0. The van der Waals surface area contributed by atoms with E-state index in [4.69, 9.17) is 13.9 Å².